The third kappa shape index (κ3) is 7.19. The molecule has 1 aromatic rings. The van der Waals surface area contributed by atoms with Gasteiger partial charge in [0.15, 0.2) is 6.10 Å². The normalized spacial score (nSPS) is 15.6. The number of benzene rings is 1. The predicted octanol–water partition coefficient (Wildman–Crippen LogP) is 5.29. The van der Waals surface area contributed by atoms with Crippen molar-refractivity contribution in [3.05, 3.63) is 35.9 Å². The van der Waals surface area contributed by atoms with Gasteiger partial charge < -0.3 is 19.6 Å². The van der Waals surface area contributed by atoms with Crippen molar-refractivity contribution in [1.29, 1.82) is 0 Å². The van der Waals surface area contributed by atoms with Crippen LogP contribution in [-0.4, -0.2) is 40.1 Å². The van der Waals surface area contributed by atoms with E-state index in [1.807, 2.05) is 30.3 Å². The van der Waals surface area contributed by atoms with Gasteiger partial charge in [0.1, 0.15) is 0 Å². The number of rotatable bonds is 14. The monoisotopic (exact) mass is 437 g/mol. The predicted molar refractivity (Wildman–Crippen MR) is 126 cm³/mol. The van der Waals surface area contributed by atoms with Gasteiger partial charge in [0.25, 0.3) is 0 Å². The topological polar surface area (TPSA) is 70.8 Å². The summed E-state index contributed by atoms with van der Waals surface area (Å²) in [6.07, 6.45) is -0.483. The Labute approximate surface area is 184 Å². The Balaban J connectivity index is 2.85. The average Bonchev–Trinajstić information content (AvgIpc) is 2.67. The molecule has 0 spiro atoms. The second-order valence-corrected chi connectivity index (χ2v) is 14.8. The fourth-order valence-corrected chi connectivity index (χ4v) is 10.2. The summed E-state index contributed by atoms with van der Waals surface area (Å²) in [5, 5.41) is 0. The summed E-state index contributed by atoms with van der Waals surface area (Å²) in [6, 6.07) is 10.1. The number of methoxy groups -OCH3 is 1. The number of carbonyl (C=O) groups excluding carboxylic acids is 1. The molecular weight excluding hydrogens is 394 g/mol. The molecule has 2 N–H and O–H groups in total. The van der Waals surface area contributed by atoms with E-state index < -0.39 is 20.3 Å². The lowest BCUT2D eigenvalue weighted by molar-refractivity contribution is -0.133. The van der Waals surface area contributed by atoms with Gasteiger partial charge >= 0.3 is 0 Å². The number of hydrogen-bond donors (Lipinski definition) is 1. The molecule has 0 saturated heterocycles. The van der Waals surface area contributed by atoms with E-state index in [1.54, 1.807) is 7.11 Å². The van der Waals surface area contributed by atoms with Gasteiger partial charge in [-0.3, -0.25) is 4.79 Å². The van der Waals surface area contributed by atoms with Crippen LogP contribution in [0.5, 0.6) is 0 Å². The van der Waals surface area contributed by atoms with E-state index in [9.17, 15) is 4.79 Å². The van der Waals surface area contributed by atoms with Crippen molar-refractivity contribution in [2.45, 2.75) is 90.3 Å². The van der Waals surface area contributed by atoms with Gasteiger partial charge in [-0.05, 0) is 34.5 Å². The van der Waals surface area contributed by atoms with Gasteiger partial charge in [-0.1, -0.05) is 78.8 Å². The maximum atomic E-state index is 12.4. The molecule has 30 heavy (non-hydrogen) atoms. The van der Waals surface area contributed by atoms with Crippen LogP contribution >= 0.6 is 0 Å². The molecule has 0 aliphatic heterocycles. The van der Waals surface area contributed by atoms with E-state index in [0.29, 0.717) is 36.3 Å². The van der Waals surface area contributed by atoms with Crippen molar-refractivity contribution in [2.24, 2.45) is 11.7 Å². The van der Waals surface area contributed by atoms with Gasteiger partial charge in [0.05, 0.1) is 12.7 Å². The van der Waals surface area contributed by atoms with Crippen LogP contribution in [0, 0.1) is 5.92 Å². The van der Waals surface area contributed by atoms with Crippen LogP contribution in [0.1, 0.15) is 60.5 Å². The maximum Gasteiger partial charge on any atom is 0.248 e. The third-order valence-electron chi connectivity index (χ3n) is 6.11. The molecule has 172 valence electrons. The quantitative estimate of drug-likeness (QED) is 0.401. The molecule has 1 rings (SSSR count). The Morgan fingerprint density at radius 2 is 1.50 bits per heavy atom. The van der Waals surface area contributed by atoms with Crippen molar-refractivity contribution in [3.63, 3.8) is 0 Å². The molecule has 0 heterocycles. The molecule has 0 aliphatic carbocycles. The molecule has 1 aromatic carbocycles. The summed E-state index contributed by atoms with van der Waals surface area (Å²) < 4.78 is 18.3. The molecule has 3 atom stereocenters. The smallest absolute Gasteiger partial charge is 0.248 e. The van der Waals surface area contributed by atoms with Gasteiger partial charge in [-0.2, -0.15) is 0 Å². The number of primary amides is 1. The molecule has 0 bridgehead atoms. The largest absolute Gasteiger partial charge is 0.402 e. The van der Waals surface area contributed by atoms with E-state index >= 15 is 0 Å². The zero-order valence-corrected chi connectivity index (χ0v) is 21.2. The van der Waals surface area contributed by atoms with Crippen LogP contribution in [0.25, 0.3) is 0 Å². The average molecular weight is 438 g/mol. The number of hydrogen-bond acceptors (Lipinski definition) is 4. The summed E-state index contributed by atoms with van der Waals surface area (Å²) in [7, 11) is -0.635. The fourth-order valence-electron chi connectivity index (χ4n) is 4.71. The zero-order valence-electron chi connectivity index (χ0n) is 20.2. The van der Waals surface area contributed by atoms with Gasteiger partial charge in [0, 0.05) is 13.7 Å². The highest BCUT2D eigenvalue weighted by molar-refractivity contribution is 6.77. The molecule has 0 aromatic heterocycles. The van der Waals surface area contributed by atoms with E-state index in [0.717, 1.165) is 5.56 Å². The fraction of sp³-hybridized carbons (Fsp3) is 0.708. The first kappa shape index (κ1) is 26.8. The first-order valence-corrected chi connectivity index (χ1v) is 13.3. The van der Waals surface area contributed by atoms with Crippen LogP contribution in [0.2, 0.25) is 16.6 Å². The number of amides is 1. The third-order valence-corrected chi connectivity index (χ3v) is 12.2. The Hall–Kier alpha value is -1.21. The Bertz CT molecular complexity index is 599. The molecule has 0 fully saturated rings. The van der Waals surface area contributed by atoms with Crippen LogP contribution in [0.15, 0.2) is 30.3 Å². The maximum absolute atomic E-state index is 12.4. The number of nitrogens with two attached hydrogens (primary N) is 1. The molecule has 5 nitrogen and oxygen atoms in total. The molecule has 1 amide bonds. The highest BCUT2D eigenvalue weighted by Crippen LogP contribution is 2.43. The van der Waals surface area contributed by atoms with E-state index in [-0.39, 0.29) is 12.0 Å². The first-order valence-electron chi connectivity index (χ1n) is 11.2. The van der Waals surface area contributed by atoms with Gasteiger partial charge in [-0.25, -0.2) is 0 Å². The van der Waals surface area contributed by atoms with E-state index in [4.69, 9.17) is 19.6 Å². The SMILES string of the molecule is CO[C@@H](CC(C)COCc1ccccc1)[C@H](O[Si](C(C)C)(C(C)C)C(C)C)C(N)=O. The summed E-state index contributed by atoms with van der Waals surface area (Å²) in [6.45, 7) is 16.5. The van der Waals surface area contributed by atoms with Crippen molar-refractivity contribution in [2.75, 3.05) is 13.7 Å². The van der Waals surface area contributed by atoms with Crippen molar-refractivity contribution < 1.29 is 18.7 Å². The minimum atomic E-state index is -2.27. The summed E-state index contributed by atoms with van der Waals surface area (Å²) in [5.74, 6) is -0.240. The highest BCUT2D eigenvalue weighted by atomic mass is 28.4. The number of carbonyl (C=O) groups is 1. The second kappa shape index (κ2) is 12.6. The standard InChI is InChI=1S/C24H43NO4Si/c1-17(2)30(18(3)4,19(5)6)29-23(24(25)26)22(27-8)14-20(7)15-28-16-21-12-10-9-11-13-21/h9-13,17-20,22-23H,14-16H2,1-8H3,(H2,25,26)/t20?,22-,23-/m0/s1. The summed E-state index contributed by atoms with van der Waals surface area (Å²) >= 11 is 0. The van der Waals surface area contributed by atoms with Crippen molar-refractivity contribution in [1.82, 2.24) is 0 Å². The summed E-state index contributed by atoms with van der Waals surface area (Å²) in [4.78, 5) is 12.4. The van der Waals surface area contributed by atoms with Gasteiger partial charge in [-0.15, -0.1) is 0 Å². The molecule has 6 heteroatoms. The van der Waals surface area contributed by atoms with E-state index in [2.05, 4.69) is 48.5 Å². The molecule has 0 saturated carbocycles. The molecular formula is C24H43NO4Si. The van der Waals surface area contributed by atoms with Crippen LogP contribution in [0.4, 0.5) is 0 Å². The van der Waals surface area contributed by atoms with Gasteiger partial charge in [0.2, 0.25) is 14.2 Å². The highest BCUT2D eigenvalue weighted by Gasteiger charge is 2.49. The molecule has 0 radical (unpaired) electrons. The summed E-state index contributed by atoms with van der Waals surface area (Å²) in [5.41, 5.74) is 8.06. The Kier molecular flexibility index (Phi) is 11.3. The Morgan fingerprint density at radius 3 is 1.93 bits per heavy atom. The lowest BCUT2D eigenvalue weighted by Crippen LogP contribution is -2.56. The first-order chi connectivity index (χ1) is 14.1. The molecule has 1 unspecified atom stereocenters. The zero-order chi connectivity index (χ0) is 22.9. The number of ether oxygens (including phenoxy) is 2. The molecule has 0 aliphatic rings. The van der Waals surface area contributed by atoms with Crippen LogP contribution < -0.4 is 5.73 Å². The van der Waals surface area contributed by atoms with Crippen molar-refractivity contribution >= 4 is 14.2 Å². The van der Waals surface area contributed by atoms with E-state index in [1.165, 1.54) is 0 Å². The lowest BCUT2D eigenvalue weighted by atomic mass is 10.0. The lowest BCUT2D eigenvalue weighted by Gasteiger charge is -2.45. The van der Waals surface area contributed by atoms with Crippen LogP contribution in [0.3, 0.4) is 0 Å². The second-order valence-electron chi connectivity index (χ2n) is 9.37. The minimum absolute atomic E-state index is 0.206. The minimum Gasteiger partial charge on any atom is -0.402 e. The van der Waals surface area contributed by atoms with Crippen molar-refractivity contribution in [3.8, 4) is 0 Å². The Morgan fingerprint density at radius 1 is 0.967 bits per heavy atom. The van der Waals surface area contributed by atoms with Crippen LogP contribution in [-0.2, 0) is 25.3 Å².